The summed E-state index contributed by atoms with van der Waals surface area (Å²) in [7, 11) is 4.02. The predicted octanol–water partition coefficient (Wildman–Crippen LogP) is 10.2. The molecule has 6 aromatic rings. The van der Waals surface area contributed by atoms with Crippen LogP contribution in [0.4, 0.5) is 54.0 Å². The lowest BCUT2D eigenvalue weighted by atomic mass is 9.99. The molecule has 0 unspecified atom stereocenters. The van der Waals surface area contributed by atoms with E-state index in [4.69, 9.17) is 60.7 Å². The lowest BCUT2D eigenvalue weighted by molar-refractivity contribution is -0.138. The first-order chi connectivity index (χ1) is 40.7. The quantitative estimate of drug-likeness (QED) is 0.0628. The number of pyridine rings is 2. The smallest absolute Gasteiger partial charge is 0.418 e. The van der Waals surface area contributed by atoms with Crippen molar-refractivity contribution in [1.29, 1.82) is 0 Å². The van der Waals surface area contributed by atoms with Gasteiger partial charge in [0.05, 0.1) is 43.6 Å². The van der Waals surface area contributed by atoms with Crippen molar-refractivity contribution in [1.82, 2.24) is 49.5 Å². The molecule has 4 atom stereocenters. The summed E-state index contributed by atoms with van der Waals surface area (Å²) in [6, 6.07) is 7.40. The Labute approximate surface area is 506 Å². The van der Waals surface area contributed by atoms with Crippen LogP contribution >= 0.6 is 34.8 Å². The SMILES string of the molecule is C=CC(=O)N1CCN(c2nc(OC[C@@H]3C[C@@H](C)CN3C)nc3cc(-c4nc(N)ccc4C(F)(F)F)c(Cl)cc23)CC1.Cc1cc(N)nc(-c2c(Cl)cc3c(N4CCN(C(=O)/C=C/CCl)C[C@@H]4C)nc(OC[C@@H]4CCCN4C)nc3c2F)c1C(F)(F)F. The minimum atomic E-state index is -4.87. The molecule has 4 saturated heterocycles. The minimum absolute atomic E-state index is 0.0418. The van der Waals surface area contributed by atoms with Crippen molar-refractivity contribution in [3.63, 3.8) is 0 Å². The molecule has 4 aliphatic heterocycles. The van der Waals surface area contributed by atoms with Gasteiger partial charge in [-0.2, -0.15) is 46.3 Å². The molecule has 86 heavy (non-hydrogen) atoms. The van der Waals surface area contributed by atoms with E-state index in [0.717, 1.165) is 50.6 Å². The minimum Gasteiger partial charge on any atom is -0.462 e. The van der Waals surface area contributed by atoms with Gasteiger partial charge in [0.2, 0.25) is 11.8 Å². The molecule has 4 aromatic heterocycles. The topological polar surface area (TPSA) is 201 Å². The molecule has 4 fully saturated rings. The number of likely N-dealkylation sites (N-methyl/N-ethyl adjacent to an activating group) is 2. The molecule has 0 saturated carbocycles. The average Bonchev–Trinajstić information content (AvgIpc) is 0.899. The van der Waals surface area contributed by atoms with Gasteiger partial charge in [0.15, 0.2) is 5.82 Å². The number of allylic oxidation sites excluding steroid dienone is 1. The zero-order valence-electron chi connectivity index (χ0n) is 47.8. The number of aryl methyl sites for hydroxylation is 1. The molecule has 0 radical (unpaired) electrons. The van der Waals surface area contributed by atoms with E-state index in [9.17, 15) is 35.9 Å². The summed E-state index contributed by atoms with van der Waals surface area (Å²) in [5.74, 6) is -0.201. The van der Waals surface area contributed by atoms with Crippen LogP contribution in [0, 0.1) is 18.7 Å². The Morgan fingerprint density at radius 1 is 0.744 bits per heavy atom. The largest absolute Gasteiger partial charge is 0.462 e. The molecule has 4 aliphatic rings. The molecular weight excluding hydrogens is 1200 g/mol. The molecule has 2 aromatic carbocycles. The third-order valence-electron chi connectivity index (χ3n) is 15.8. The highest BCUT2D eigenvalue weighted by molar-refractivity contribution is 6.35. The van der Waals surface area contributed by atoms with Crippen molar-refractivity contribution in [2.75, 3.05) is 113 Å². The van der Waals surface area contributed by atoms with Crippen LogP contribution in [0.3, 0.4) is 0 Å². The summed E-state index contributed by atoms with van der Waals surface area (Å²) < 4.78 is 113. The number of hydrogen-bond acceptors (Lipinski definition) is 16. The van der Waals surface area contributed by atoms with Gasteiger partial charge in [-0.25, -0.2) is 14.4 Å². The number of rotatable bonds is 13. The molecule has 8 heterocycles. The van der Waals surface area contributed by atoms with Crippen LogP contribution in [0.2, 0.25) is 10.0 Å². The summed E-state index contributed by atoms with van der Waals surface area (Å²) in [5, 5.41) is 0.441. The maximum Gasteiger partial charge on any atom is 0.418 e. The number of carbonyl (C=O) groups excluding carboxylic acids is 2. The van der Waals surface area contributed by atoms with Gasteiger partial charge in [-0.15, -0.1) is 11.6 Å². The second-order valence-corrected chi connectivity index (χ2v) is 23.0. The molecule has 28 heteroatoms. The summed E-state index contributed by atoms with van der Waals surface area (Å²) in [5.41, 5.74) is 7.67. The lowest BCUT2D eigenvalue weighted by Crippen LogP contribution is -2.53. The second-order valence-electron chi connectivity index (χ2n) is 21.9. The maximum atomic E-state index is 16.6. The Bertz CT molecular complexity index is 3580. The zero-order chi connectivity index (χ0) is 62.1. The van der Waals surface area contributed by atoms with Crippen molar-refractivity contribution in [2.24, 2.45) is 5.92 Å². The van der Waals surface area contributed by atoms with Crippen molar-refractivity contribution < 1.29 is 49.8 Å². The van der Waals surface area contributed by atoms with Gasteiger partial charge in [-0.1, -0.05) is 42.8 Å². The monoisotopic (exact) mass is 1260 g/mol. The van der Waals surface area contributed by atoms with Crippen molar-refractivity contribution in [2.45, 2.75) is 70.5 Å². The van der Waals surface area contributed by atoms with Crippen molar-refractivity contribution in [3.8, 4) is 34.5 Å². The number of nitrogens with zero attached hydrogens (tertiary/aromatic N) is 12. The number of halogens is 10. The number of hydrogen-bond donors (Lipinski definition) is 2. The molecule has 4 N–H and O–H groups in total. The molecule has 18 nitrogen and oxygen atoms in total. The fourth-order valence-electron chi connectivity index (χ4n) is 11.5. The van der Waals surface area contributed by atoms with Gasteiger partial charge in [0, 0.05) is 98.8 Å². The number of aromatic nitrogens is 6. The summed E-state index contributed by atoms with van der Waals surface area (Å²) in [6.45, 7) is 14.2. The first-order valence-corrected chi connectivity index (χ1v) is 29.0. The van der Waals surface area contributed by atoms with Crippen LogP contribution in [-0.4, -0.2) is 172 Å². The number of nitrogens with two attached hydrogens (primary N) is 2. The fourth-order valence-corrected chi connectivity index (χ4v) is 12.1. The number of piperazine rings is 2. The lowest BCUT2D eigenvalue weighted by Gasteiger charge is -2.40. The van der Waals surface area contributed by atoms with E-state index >= 15 is 4.39 Å². The van der Waals surface area contributed by atoms with Crippen LogP contribution in [0.25, 0.3) is 44.3 Å². The standard InChI is InChI=1S/C30H33Cl2F4N7O2.C28H31ClF3N7O2/c1-16-12-21(37)38-27(24(16)30(34,35)36)23-20(32)13-19-26(25(23)33)39-29(45-15-18-6-5-9-41(18)3)40-28(19)43-11-10-42(14-17(43)2)22(44)7-4-8-31;1-4-24(40)38-7-9-39(10-8-38)26-19-12-21(29)18(25-20(28(30,31)32)5-6-23(33)35-25)13-22(19)34-27(36-26)41-15-17-11-16(2)14-37(17)3/h4,7,12-13,17-18H,5-6,8-11,14-15H2,1-3H3,(H2,37,38);4-6,12-13,16-17H,1,7-11,14-15H2,2-3H3,(H2,33,35)/b7-4+;/t17-,18-;16-,17+/m01/s1. The number of nitrogen functional groups attached to an aromatic ring is 2. The van der Waals surface area contributed by atoms with E-state index in [2.05, 4.69) is 48.2 Å². The Kier molecular flexibility index (Phi) is 19.3. The number of ether oxygens (including phenoxy) is 2. The highest BCUT2D eigenvalue weighted by Crippen LogP contribution is 2.46. The number of alkyl halides is 7. The number of amides is 2. The van der Waals surface area contributed by atoms with Crippen LogP contribution in [-0.2, 0) is 21.9 Å². The number of likely N-dealkylation sites (tertiary alicyclic amines) is 2. The second kappa shape index (κ2) is 26.1. The zero-order valence-corrected chi connectivity index (χ0v) is 50.0. The van der Waals surface area contributed by atoms with Gasteiger partial charge < -0.3 is 45.4 Å². The first kappa shape index (κ1) is 63.4. The highest BCUT2D eigenvalue weighted by Gasteiger charge is 2.40. The third kappa shape index (κ3) is 13.9. The number of anilines is 4. The van der Waals surface area contributed by atoms with Crippen LogP contribution in [0.5, 0.6) is 12.0 Å². The fraction of sp³-hybridized carbons (Fsp3) is 0.448. The number of carbonyl (C=O) groups is 2. The molecular formula is C58H64Cl3F7N14O4. The summed E-state index contributed by atoms with van der Waals surface area (Å²) in [4.78, 5) is 62.5. The maximum absolute atomic E-state index is 16.6. The highest BCUT2D eigenvalue weighted by atomic mass is 35.5. The van der Waals surface area contributed by atoms with Crippen molar-refractivity contribution >= 4 is 91.7 Å². The number of fused-ring (bicyclic) bond motifs is 2. The molecule has 0 aliphatic carbocycles. The summed E-state index contributed by atoms with van der Waals surface area (Å²) >= 11 is 18.8. The van der Waals surface area contributed by atoms with Crippen molar-refractivity contribution in [3.05, 3.63) is 93.8 Å². The Morgan fingerprint density at radius 3 is 2.03 bits per heavy atom. The van der Waals surface area contributed by atoms with E-state index in [1.807, 2.05) is 30.8 Å². The summed E-state index contributed by atoms with van der Waals surface area (Å²) in [6.07, 6.45) is -2.41. The number of benzene rings is 2. The average molecular weight is 1260 g/mol. The van der Waals surface area contributed by atoms with E-state index < -0.39 is 40.6 Å². The Morgan fingerprint density at radius 2 is 1.41 bits per heavy atom. The van der Waals surface area contributed by atoms with Gasteiger partial charge in [-0.3, -0.25) is 14.5 Å². The predicted molar refractivity (Wildman–Crippen MR) is 318 cm³/mol. The molecule has 460 valence electrons. The van der Waals surface area contributed by atoms with Crippen LogP contribution < -0.4 is 30.7 Å². The molecule has 0 bridgehead atoms. The Hall–Kier alpha value is -7.06. The van der Waals surface area contributed by atoms with Crippen LogP contribution in [0.15, 0.2) is 61.2 Å². The van der Waals surface area contributed by atoms with E-state index in [1.165, 1.54) is 31.2 Å². The van der Waals surface area contributed by atoms with Gasteiger partial charge >= 0.3 is 24.4 Å². The first-order valence-electron chi connectivity index (χ1n) is 27.7. The molecule has 10 rings (SSSR count). The molecule has 2 amide bonds. The van der Waals surface area contributed by atoms with Gasteiger partial charge in [-0.05, 0) is 108 Å². The molecule has 0 spiro atoms. The van der Waals surface area contributed by atoms with E-state index in [0.29, 0.717) is 75.1 Å². The third-order valence-corrected chi connectivity index (χ3v) is 16.6. The van der Waals surface area contributed by atoms with E-state index in [1.54, 1.807) is 21.9 Å². The normalized spacial score (nSPS) is 19.8. The Balaban J connectivity index is 0.000000206. The van der Waals surface area contributed by atoms with Gasteiger partial charge in [0.25, 0.3) is 0 Å². The van der Waals surface area contributed by atoms with Gasteiger partial charge in [0.1, 0.15) is 42.0 Å². The van der Waals surface area contributed by atoms with E-state index in [-0.39, 0.29) is 110 Å². The van der Waals surface area contributed by atoms with Crippen LogP contribution in [0.1, 0.15) is 49.8 Å².